The third kappa shape index (κ3) is 3.94. The number of rotatable bonds is 5. The molecule has 0 bridgehead atoms. The minimum absolute atomic E-state index is 0.0141. The first-order valence-corrected chi connectivity index (χ1v) is 6.60. The van der Waals surface area contributed by atoms with Gasteiger partial charge in [0.1, 0.15) is 5.75 Å². The summed E-state index contributed by atoms with van der Waals surface area (Å²) in [4.78, 5) is 14.1. The zero-order valence-electron chi connectivity index (χ0n) is 12.2. The summed E-state index contributed by atoms with van der Waals surface area (Å²) in [7, 11) is 3.75. The van der Waals surface area contributed by atoms with E-state index in [-0.39, 0.29) is 11.7 Å². The molecule has 0 atom stereocenters. The SMILES string of the molecule is CN(C)c1ccccc1NC(=O)c1ccc(OC(F)F)cc1. The average Bonchev–Trinajstić information content (AvgIpc) is 2.47. The average molecular weight is 306 g/mol. The molecule has 0 aliphatic heterocycles. The second kappa shape index (κ2) is 6.89. The lowest BCUT2D eigenvalue weighted by Gasteiger charge is -2.17. The maximum Gasteiger partial charge on any atom is 0.387 e. The van der Waals surface area contributed by atoms with Crippen molar-refractivity contribution in [3.63, 3.8) is 0 Å². The van der Waals surface area contributed by atoms with Crippen LogP contribution < -0.4 is 15.0 Å². The van der Waals surface area contributed by atoms with Gasteiger partial charge in [-0.25, -0.2) is 0 Å². The number of alkyl halides is 2. The van der Waals surface area contributed by atoms with Crippen molar-refractivity contribution < 1.29 is 18.3 Å². The maximum absolute atomic E-state index is 12.2. The standard InChI is InChI=1S/C16H16F2N2O2/c1-20(2)14-6-4-3-5-13(14)19-15(21)11-7-9-12(10-8-11)22-16(17)18/h3-10,16H,1-2H3,(H,19,21). The molecule has 2 rings (SSSR count). The van der Waals surface area contributed by atoms with Crippen LogP contribution in [0, 0.1) is 0 Å². The molecule has 2 aromatic carbocycles. The van der Waals surface area contributed by atoms with Crippen LogP contribution in [0.4, 0.5) is 20.2 Å². The Morgan fingerprint density at radius 2 is 1.73 bits per heavy atom. The van der Waals surface area contributed by atoms with Crippen molar-refractivity contribution >= 4 is 17.3 Å². The van der Waals surface area contributed by atoms with Crippen molar-refractivity contribution in [1.29, 1.82) is 0 Å². The molecule has 6 heteroatoms. The Labute approximate surface area is 127 Å². The smallest absolute Gasteiger partial charge is 0.387 e. The summed E-state index contributed by atoms with van der Waals surface area (Å²) in [5.74, 6) is -0.307. The second-order valence-electron chi connectivity index (χ2n) is 4.77. The quantitative estimate of drug-likeness (QED) is 0.917. The van der Waals surface area contributed by atoms with E-state index in [1.54, 1.807) is 6.07 Å². The van der Waals surface area contributed by atoms with Gasteiger partial charge in [-0.15, -0.1) is 0 Å². The van der Waals surface area contributed by atoms with Gasteiger partial charge < -0.3 is 15.0 Å². The molecule has 22 heavy (non-hydrogen) atoms. The summed E-state index contributed by atoms with van der Waals surface area (Å²) in [6.07, 6.45) is 0. The lowest BCUT2D eigenvalue weighted by atomic mass is 10.2. The summed E-state index contributed by atoms with van der Waals surface area (Å²) in [6.45, 7) is -2.88. The number of para-hydroxylation sites is 2. The number of nitrogens with zero attached hydrogens (tertiary/aromatic N) is 1. The van der Waals surface area contributed by atoms with E-state index in [2.05, 4.69) is 10.1 Å². The molecule has 0 saturated heterocycles. The molecule has 0 spiro atoms. The molecular weight excluding hydrogens is 290 g/mol. The van der Waals surface area contributed by atoms with E-state index >= 15 is 0 Å². The lowest BCUT2D eigenvalue weighted by molar-refractivity contribution is -0.0498. The molecular formula is C16H16F2N2O2. The fraction of sp³-hybridized carbons (Fsp3) is 0.188. The predicted molar refractivity (Wildman–Crippen MR) is 81.8 cm³/mol. The molecule has 0 unspecified atom stereocenters. The van der Waals surface area contributed by atoms with Gasteiger partial charge in [0, 0.05) is 19.7 Å². The number of ether oxygens (including phenoxy) is 1. The van der Waals surface area contributed by atoms with Gasteiger partial charge in [0.2, 0.25) is 0 Å². The minimum atomic E-state index is -2.88. The van der Waals surface area contributed by atoms with Gasteiger partial charge in [-0.1, -0.05) is 12.1 Å². The molecule has 0 radical (unpaired) electrons. The number of carbonyl (C=O) groups is 1. The third-order valence-corrected chi connectivity index (χ3v) is 2.98. The molecule has 0 aliphatic carbocycles. The van der Waals surface area contributed by atoms with Gasteiger partial charge in [-0.3, -0.25) is 4.79 Å². The maximum atomic E-state index is 12.2. The Bertz CT molecular complexity index is 643. The van der Waals surface area contributed by atoms with Crippen molar-refractivity contribution in [1.82, 2.24) is 0 Å². The number of hydrogen-bond acceptors (Lipinski definition) is 3. The number of benzene rings is 2. The van der Waals surface area contributed by atoms with Crippen molar-refractivity contribution in [3.05, 3.63) is 54.1 Å². The van der Waals surface area contributed by atoms with Gasteiger partial charge >= 0.3 is 6.61 Å². The van der Waals surface area contributed by atoms with Gasteiger partial charge in [0.15, 0.2) is 0 Å². The van der Waals surface area contributed by atoms with Crippen molar-refractivity contribution in [2.75, 3.05) is 24.3 Å². The van der Waals surface area contributed by atoms with Crippen LogP contribution in [0.15, 0.2) is 48.5 Å². The second-order valence-corrected chi connectivity index (χ2v) is 4.77. The van der Waals surface area contributed by atoms with Crippen LogP contribution in [0.3, 0.4) is 0 Å². The van der Waals surface area contributed by atoms with Crippen molar-refractivity contribution in [3.8, 4) is 5.75 Å². The largest absolute Gasteiger partial charge is 0.435 e. The van der Waals surface area contributed by atoms with Crippen molar-refractivity contribution in [2.24, 2.45) is 0 Å². The van der Waals surface area contributed by atoms with E-state index in [1.807, 2.05) is 37.2 Å². The number of amides is 1. The fourth-order valence-electron chi connectivity index (χ4n) is 1.95. The van der Waals surface area contributed by atoms with E-state index in [1.165, 1.54) is 24.3 Å². The van der Waals surface area contributed by atoms with E-state index in [0.717, 1.165) is 5.69 Å². The van der Waals surface area contributed by atoms with Gasteiger partial charge in [-0.05, 0) is 36.4 Å². The Morgan fingerprint density at radius 1 is 1.09 bits per heavy atom. The normalized spacial score (nSPS) is 10.4. The van der Waals surface area contributed by atoms with Crippen LogP contribution in [0.1, 0.15) is 10.4 Å². The van der Waals surface area contributed by atoms with Crippen LogP contribution in [0.5, 0.6) is 5.75 Å². The van der Waals surface area contributed by atoms with Crippen LogP contribution in [0.25, 0.3) is 0 Å². The highest BCUT2D eigenvalue weighted by Crippen LogP contribution is 2.24. The highest BCUT2D eigenvalue weighted by Gasteiger charge is 2.11. The summed E-state index contributed by atoms with van der Waals surface area (Å²) in [5, 5.41) is 2.80. The van der Waals surface area contributed by atoms with Crippen LogP contribution >= 0.6 is 0 Å². The van der Waals surface area contributed by atoms with E-state index in [0.29, 0.717) is 11.3 Å². The molecule has 1 N–H and O–H groups in total. The Kier molecular flexibility index (Phi) is 4.93. The number of anilines is 2. The molecule has 0 aromatic heterocycles. The predicted octanol–water partition coefficient (Wildman–Crippen LogP) is 3.61. The van der Waals surface area contributed by atoms with E-state index in [9.17, 15) is 13.6 Å². The highest BCUT2D eigenvalue weighted by atomic mass is 19.3. The topological polar surface area (TPSA) is 41.6 Å². The van der Waals surface area contributed by atoms with Crippen LogP contribution in [-0.2, 0) is 0 Å². The Hall–Kier alpha value is -2.63. The van der Waals surface area contributed by atoms with E-state index in [4.69, 9.17) is 0 Å². The molecule has 1 amide bonds. The molecule has 0 fully saturated rings. The minimum Gasteiger partial charge on any atom is -0.435 e. The number of halogens is 2. The Balaban J connectivity index is 2.13. The zero-order valence-corrected chi connectivity index (χ0v) is 12.2. The number of carbonyl (C=O) groups excluding carboxylic acids is 1. The third-order valence-electron chi connectivity index (χ3n) is 2.98. The first kappa shape index (κ1) is 15.8. The van der Waals surface area contributed by atoms with Gasteiger partial charge in [0.05, 0.1) is 11.4 Å². The summed E-state index contributed by atoms with van der Waals surface area (Å²) in [6, 6.07) is 12.9. The molecule has 4 nitrogen and oxygen atoms in total. The van der Waals surface area contributed by atoms with Crippen LogP contribution in [-0.4, -0.2) is 26.6 Å². The van der Waals surface area contributed by atoms with Crippen molar-refractivity contribution in [2.45, 2.75) is 6.61 Å². The zero-order chi connectivity index (χ0) is 16.1. The first-order chi connectivity index (χ1) is 10.5. The van der Waals surface area contributed by atoms with Gasteiger partial charge in [-0.2, -0.15) is 8.78 Å². The van der Waals surface area contributed by atoms with E-state index < -0.39 is 6.61 Å². The lowest BCUT2D eigenvalue weighted by Crippen LogP contribution is -2.16. The molecule has 0 saturated carbocycles. The first-order valence-electron chi connectivity index (χ1n) is 6.60. The Morgan fingerprint density at radius 3 is 2.32 bits per heavy atom. The van der Waals surface area contributed by atoms with Crippen LogP contribution in [0.2, 0.25) is 0 Å². The molecule has 0 heterocycles. The summed E-state index contributed by atoms with van der Waals surface area (Å²) < 4.78 is 28.4. The molecule has 2 aromatic rings. The summed E-state index contributed by atoms with van der Waals surface area (Å²) in [5.41, 5.74) is 1.90. The number of nitrogens with one attached hydrogen (secondary N) is 1. The molecule has 0 aliphatic rings. The monoisotopic (exact) mass is 306 g/mol. The fourth-order valence-corrected chi connectivity index (χ4v) is 1.95. The molecule has 116 valence electrons. The summed E-state index contributed by atoms with van der Waals surface area (Å²) >= 11 is 0. The highest BCUT2D eigenvalue weighted by molar-refractivity contribution is 6.06. The van der Waals surface area contributed by atoms with Gasteiger partial charge in [0.25, 0.3) is 5.91 Å². The number of hydrogen-bond donors (Lipinski definition) is 1.